The zero-order chi connectivity index (χ0) is 21.3. The van der Waals surface area contributed by atoms with E-state index in [2.05, 4.69) is 15.2 Å². The molecule has 1 fully saturated rings. The molecule has 156 valence electrons. The van der Waals surface area contributed by atoms with E-state index < -0.39 is 0 Å². The Morgan fingerprint density at radius 2 is 2.06 bits per heavy atom. The SMILES string of the molecule is Cc1cc2c(cc1C(=O)N1CCc3cc(Cl)ccc31)[nH]c(=O)c1nnc(CC3CC3)n12. The first-order valence-corrected chi connectivity index (χ1v) is 10.9. The molecule has 8 heteroatoms. The van der Waals surface area contributed by atoms with Crippen LogP contribution in [0, 0.1) is 12.8 Å². The number of hydrogen-bond donors (Lipinski definition) is 1. The first kappa shape index (κ1) is 18.6. The number of nitrogens with one attached hydrogen (secondary N) is 1. The van der Waals surface area contributed by atoms with Crippen molar-refractivity contribution in [3.8, 4) is 0 Å². The van der Waals surface area contributed by atoms with Crippen molar-refractivity contribution < 1.29 is 4.79 Å². The van der Waals surface area contributed by atoms with Gasteiger partial charge in [-0.2, -0.15) is 0 Å². The number of rotatable bonds is 3. The average molecular weight is 434 g/mol. The molecule has 2 aromatic carbocycles. The van der Waals surface area contributed by atoms with Gasteiger partial charge in [-0.25, -0.2) is 0 Å². The van der Waals surface area contributed by atoms with E-state index in [9.17, 15) is 9.59 Å². The van der Waals surface area contributed by atoms with Crippen molar-refractivity contribution in [2.45, 2.75) is 32.6 Å². The number of benzene rings is 2. The highest BCUT2D eigenvalue weighted by atomic mass is 35.5. The molecule has 1 saturated carbocycles. The highest BCUT2D eigenvalue weighted by Gasteiger charge is 2.28. The predicted octanol–water partition coefficient (Wildman–Crippen LogP) is 3.69. The largest absolute Gasteiger partial charge is 0.317 e. The maximum absolute atomic E-state index is 13.4. The lowest BCUT2D eigenvalue weighted by molar-refractivity contribution is 0.0989. The van der Waals surface area contributed by atoms with Gasteiger partial charge in [0.2, 0.25) is 5.65 Å². The van der Waals surface area contributed by atoms with Gasteiger partial charge >= 0.3 is 0 Å². The van der Waals surface area contributed by atoms with Crippen LogP contribution in [0.4, 0.5) is 5.69 Å². The Kier molecular flexibility index (Phi) is 3.99. The average Bonchev–Trinajstić information content (AvgIpc) is 3.30. The van der Waals surface area contributed by atoms with Crippen LogP contribution in [0.3, 0.4) is 0 Å². The molecular weight excluding hydrogens is 414 g/mol. The summed E-state index contributed by atoms with van der Waals surface area (Å²) < 4.78 is 1.85. The van der Waals surface area contributed by atoms with Crippen LogP contribution in [0.25, 0.3) is 16.7 Å². The fraction of sp³-hybridized carbons (Fsp3) is 0.304. The molecule has 3 heterocycles. The minimum Gasteiger partial charge on any atom is -0.317 e. The van der Waals surface area contributed by atoms with E-state index in [4.69, 9.17) is 11.6 Å². The van der Waals surface area contributed by atoms with Crippen LogP contribution in [0.15, 0.2) is 35.1 Å². The van der Waals surface area contributed by atoms with E-state index in [1.165, 1.54) is 12.8 Å². The van der Waals surface area contributed by atoms with E-state index in [0.29, 0.717) is 34.2 Å². The lowest BCUT2D eigenvalue weighted by atomic mass is 10.1. The van der Waals surface area contributed by atoms with Gasteiger partial charge in [-0.3, -0.25) is 14.0 Å². The molecule has 2 aliphatic rings. The molecule has 6 rings (SSSR count). The smallest absolute Gasteiger partial charge is 0.294 e. The van der Waals surface area contributed by atoms with Crippen molar-refractivity contribution in [3.05, 3.63) is 68.2 Å². The number of fused-ring (bicyclic) bond motifs is 4. The summed E-state index contributed by atoms with van der Waals surface area (Å²) in [6, 6.07) is 9.35. The summed E-state index contributed by atoms with van der Waals surface area (Å²) in [5.41, 5.74) is 4.81. The third-order valence-corrected chi connectivity index (χ3v) is 6.58. The summed E-state index contributed by atoms with van der Waals surface area (Å²) in [5, 5.41) is 9.06. The van der Waals surface area contributed by atoms with Crippen molar-refractivity contribution in [3.63, 3.8) is 0 Å². The molecule has 1 N–H and O–H groups in total. The molecule has 4 aromatic rings. The molecule has 1 aliphatic heterocycles. The predicted molar refractivity (Wildman–Crippen MR) is 119 cm³/mol. The van der Waals surface area contributed by atoms with Crippen LogP contribution >= 0.6 is 11.6 Å². The molecule has 0 saturated heterocycles. The Morgan fingerprint density at radius 3 is 2.87 bits per heavy atom. The van der Waals surface area contributed by atoms with Gasteiger partial charge in [0.05, 0.1) is 11.0 Å². The van der Waals surface area contributed by atoms with Crippen molar-refractivity contribution >= 4 is 39.9 Å². The third kappa shape index (κ3) is 2.95. The molecule has 1 amide bonds. The van der Waals surface area contributed by atoms with Gasteiger partial charge in [-0.1, -0.05) is 11.6 Å². The molecule has 0 atom stereocenters. The maximum atomic E-state index is 13.4. The molecule has 2 aromatic heterocycles. The molecule has 0 spiro atoms. The number of anilines is 1. The van der Waals surface area contributed by atoms with Gasteiger partial charge in [0.1, 0.15) is 5.82 Å². The molecule has 0 bridgehead atoms. The van der Waals surface area contributed by atoms with E-state index in [0.717, 1.165) is 41.0 Å². The first-order valence-electron chi connectivity index (χ1n) is 10.5. The quantitative estimate of drug-likeness (QED) is 0.534. The van der Waals surface area contributed by atoms with Crippen molar-refractivity contribution in [2.75, 3.05) is 11.4 Å². The number of carbonyl (C=O) groups excluding carboxylic acids is 1. The number of aryl methyl sites for hydroxylation is 1. The van der Waals surface area contributed by atoms with Gasteiger partial charge in [-0.15, -0.1) is 10.2 Å². The van der Waals surface area contributed by atoms with E-state index in [1.807, 2.05) is 29.5 Å². The molecule has 0 unspecified atom stereocenters. The summed E-state index contributed by atoms with van der Waals surface area (Å²) in [7, 11) is 0. The lowest BCUT2D eigenvalue weighted by Gasteiger charge is -2.19. The van der Waals surface area contributed by atoms with Crippen molar-refractivity contribution in [1.82, 2.24) is 19.6 Å². The van der Waals surface area contributed by atoms with Crippen LogP contribution in [0.2, 0.25) is 5.02 Å². The zero-order valence-corrected chi connectivity index (χ0v) is 17.7. The second-order valence-corrected chi connectivity index (χ2v) is 8.98. The zero-order valence-electron chi connectivity index (χ0n) is 17.0. The van der Waals surface area contributed by atoms with Crippen LogP contribution in [-0.4, -0.2) is 32.0 Å². The summed E-state index contributed by atoms with van der Waals surface area (Å²) >= 11 is 6.11. The number of amides is 1. The lowest BCUT2D eigenvalue weighted by Crippen LogP contribution is -2.29. The highest BCUT2D eigenvalue weighted by molar-refractivity contribution is 6.30. The maximum Gasteiger partial charge on any atom is 0.294 e. The normalized spacial score (nSPS) is 15.7. The standard InChI is InChI=1S/C23H20ClN5O2/c1-12-8-19-17(25-22(30)21-27-26-20(29(19)21)9-13-2-3-13)11-16(12)23(31)28-7-6-14-10-15(24)4-5-18(14)28/h4-5,8,10-11,13H,2-3,6-7,9H2,1H3,(H,25,30). The number of aromatic amines is 1. The van der Waals surface area contributed by atoms with Crippen molar-refractivity contribution in [2.24, 2.45) is 5.92 Å². The number of aromatic nitrogens is 4. The minimum absolute atomic E-state index is 0.0802. The van der Waals surface area contributed by atoms with Crippen LogP contribution < -0.4 is 10.5 Å². The number of hydrogen-bond acceptors (Lipinski definition) is 4. The van der Waals surface area contributed by atoms with Crippen LogP contribution in [0.1, 0.15) is 40.2 Å². The Morgan fingerprint density at radius 1 is 1.23 bits per heavy atom. The van der Waals surface area contributed by atoms with E-state index in [1.54, 1.807) is 17.0 Å². The van der Waals surface area contributed by atoms with Gasteiger partial charge in [0, 0.05) is 29.2 Å². The second kappa shape index (κ2) is 6.65. The summed E-state index contributed by atoms with van der Waals surface area (Å²) in [5.74, 6) is 1.34. The molecule has 1 aliphatic carbocycles. The Labute approximate surface area is 182 Å². The summed E-state index contributed by atoms with van der Waals surface area (Å²) in [4.78, 5) is 30.8. The van der Waals surface area contributed by atoms with E-state index in [-0.39, 0.29) is 11.5 Å². The fourth-order valence-electron chi connectivity index (χ4n) is 4.54. The highest BCUT2D eigenvalue weighted by Crippen LogP contribution is 2.34. The van der Waals surface area contributed by atoms with Gasteiger partial charge in [0.15, 0.2) is 0 Å². The van der Waals surface area contributed by atoms with Crippen LogP contribution in [0.5, 0.6) is 0 Å². The Bertz CT molecular complexity index is 1450. The van der Waals surface area contributed by atoms with Gasteiger partial charge in [-0.05, 0) is 73.6 Å². The number of halogens is 1. The monoisotopic (exact) mass is 433 g/mol. The van der Waals surface area contributed by atoms with E-state index >= 15 is 0 Å². The number of H-pyrrole nitrogens is 1. The second-order valence-electron chi connectivity index (χ2n) is 8.54. The number of nitrogens with zero attached hydrogens (tertiary/aromatic N) is 4. The van der Waals surface area contributed by atoms with Crippen molar-refractivity contribution in [1.29, 1.82) is 0 Å². The molecule has 0 radical (unpaired) electrons. The summed E-state index contributed by atoms with van der Waals surface area (Å²) in [6.07, 6.45) is 3.97. The Balaban J connectivity index is 1.48. The van der Waals surface area contributed by atoms with Gasteiger partial charge in [0.25, 0.3) is 11.5 Å². The molecule has 7 nitrogen and oxygen atoms in total. The fourth-order valence-corrected chi connectivity index (χ4v) is 4.74. The molecule has 31 heavy (non-hydrogen) atoms. The molecular formula is C23H20ClN5O2. The minimum atomic E-state index is -0.301. The third-order valence-electron chi connectivity index (χ3n) is 6.35. The Hall–Kier alpha value is -3.19. The summed E-state index contributed by atoms with van der Waals surface area (Å²) in [6.45, 7) is 2.53. The number of carbonyl (C=O) groups is 1. The van der Waals surface area contributed by atoms with Crippen LogP contribution in [-0.2, 0) is 12.8 Å². The van der Waals surface area contributed by atoms with Gasteiger partial charge < -0.3 is 9.88 Å². The topological polar surface area (TPSA) is 83.4 Å². The first-order chi connectivity index (χ1) is 15.0.